The predicted octanol–water partition coefficient (Wildman–Crippen LogP) is 3.52. The smallest absolute Gasteiger partial charge is 0.261 e. The lowest BCUT2D eigenvalue weighted by Crippen LogP contribution is -2.24. The highest BCUT2D eigenvalue weighted by molar-refractivity contribution is 7.20. The summed E-state index contributed by atoms with van der Waals surface area (Å²) < 4.78 is 1.09. The van der Waals surface area contributed by atoms with Gasteiger partial charge in [-0.05, 0) is 58.5 Å². The maximum atomic E-state index is 12.1. The van der Waals surface area contributed by atoms with Gasteiger partial charge in [0.1, 0.15) is 0 Å². The van der Waals surface area contributed by atoms with Crippen molar-refractivity contribution in [3.8, 4) is 0 Å². The van der Waals surface area contributed by atoms with Crippen LogP contribution in [-0.4, -0.2) is 12.5 Å². The Hall–Kier alpha value is -1.85. The van der Waals surface area contributed by atoms with Gasteiger partial charge in [0.25, 0.3) is 5.91 Å². The average Bonchev–Trinajstić information content (AvgIpc) is 3.06. The van der Waals surface area contributed by atoms with E-state index in [2.05, 4.69) is 16.8 Å². The molecule has 0 aliphatic carbocycles. The summed E-state index contributed by atoms with van der Waals surface area (Å²) in [6.45, 7) is 0.659. The fourth-order valence-electron chi connectivity index (χ4n) is 2.02. The van der Waals surface area contributed by atoms with E-state index in [9.17, 15) is 4.79 Å². The Morgan fingerprint density at radius 3 is 2.95 bits per heavy atom. The van der Waals surface area contributed by atoms with E-state index in [4.69, 9.17) is 5.73 Å². The summed E-state index contributed by atoms with van der Waals surface area (Å²) in [4.78, 5) is 12.8. The second-order valence-corrected chi connectivity index (χ2v) is 6.41. The zero-order chi connectivity index (χ0) is 13.9. The number of carbonyl (C=O) groups is 1. The zero-order valence-corrected chi connectivity index (χ0v) is 12.4. The highest BCUT2D eigenvalue weighted by atomic mass is 32.1. The molecule has 0 saturated carbocycles. The van der Waals surface area contributed by atoms with Crippen LogP contribution in [0, 0.1) is 0 Å². The Morgan fingerprint density at radius 2 is 2.15 bits per heavy atom. The number of thiophene rings is 2. The van der Waals surface area contributed by atoms with Crippen molar-refractivity contribution < 1.29 is 4.79 Å². The van der Waals surface area contributed by atoms with Gasteiger partial charge in [0.05, 0.1) is 4.88 Å². The lowest BCUT2D eigenvalue weighted by molar-refractivity contribution is 0.0958. The van der Waals surface area contributed by atoms with Gasteiger partial charge in [-0.15, -0.1) is 11.3 Å². The molecule has 2 aromatic heterocycles. The number of nitrogens with one attached hydrogen (secondary N) is 1. The number of nitrogens with two attached hydrogens (primary N) is 1. The molecule has 0 saturated heterocycles. The molecule has 2 heterocycles. The number of nitrogen functional groups attached to an aromatic ring is 1. The van der Waals surface area contributed by atoms with Crippen molar-refractivity contribution in [2.45, 2.75) is 6.42 Å². The highest BCUT2D eigenvalue weighted by Gasteiger charge is 2.09. The van der Waals surface area contributed by atoms with Crippen LogP contribution in [0.4, 0.5) is 5.69 Å². The van der Waals surface area contributed by atoms with Crippen molar-refractivity contribution in [2.75, 3.05) is 12.3 Å². The molecule has 0 radical (unpaired) electrons. The van der Waals surface area contributed by atoms with Gasteiger partial charge in [-0.3, -0.25) is 4.79 Å². The Labute approximate surface area is 125 Å². The van der Waals surface area contributed by atoms with Gasteiger partial charge in [-0.25, -0.2) is 0 Å². The summed E-state index contributed by atoms with van der Waals surface area (Å²) in [5.74, 6) is -0.0139. The molecule has 3 nitrogen and oxygen atoms in total. The van der Waals surface area contributed by atoms with Crippen LogP contribution in [0.3, 0.4) is 0 Å². The van der Waals surface area contributed by atoms with Crippen molar-refractivity contribution >= 4 is 44.4 Å². The normalized spacial score (nSPS) is 10.8. The monoisotopic (exact) mass is 302 g/mol. The van der Waals surface area contributed by atoms with Crippen LogP contribution < -0.4 is 11.1 Å². The maximum Gasteiger partial charge on any atom is 0.261 e. The molecule has 0 bridgehead atoms. The minimum Gasteiger partial charge on any atom is -0.399 e. The predicted molar refractivity (Wildman–Crippen MR) is 86.6 cm³/mol. The van der Waals surface area contributed by atoms with Gasteiger partial charge < -0.3 is 11.1 Å². The van der Waals surface area contributed by atoms with Gasteiger partial charge in [0.15, 0.2) is 0 Å². The first-order valence-electron chi connectivity index (χ1n) is 6.31. The molecule has 5 heteroatoms. The number of carbonyl (C=O) groups excluding carboxylic acids is 1. The van der Waals surface area contributed by atoms with Crippen molar-refractivity contribution in [3.63, 3.8) is 0 Å². The standard InChI is InChI=1S/C15H14N2OS2/c16-12-1-2-13-11(7-12)8-14(20-13)15(18)17-5-3-10-4-6-19-9-10/h1-2,4,6-9H,3,5,16H2,(H,17,18). The van der Waals surface area contributed by atoms with Crippen LogP contribution >= 0.6 is 22.7 Å². The van der Waals surface area contributed by atoms with Crippen molar-refractivity contribution in [1.29, 1.82) is 0 Å². The van der Waals surface area contributed by atoms with Crippen LogP contribution in [0.15, 0.2) is 41.1 Å². The van der Waals surface area contributed by atoms with Gasteiger partial charge in [-0.2, -0.15) is 11.3 Å². The number of fused-ring (bicyclic) bond motifs is 1. The van der Waals surface area contributed by atoms with E-state index in [1.54, 1.807) is 11.3 Å². The Bertz CT molecular complexity index is 732. The van der Waals surface area contributed by atoms with Crippen LogP contribution in [0.1, 0.15) is 15.2 Å². The van der Waals surface area contributed by atoms with E-state index in [0.29, 0.717) is 6.54 Å². The summed E-state index contributed by atoms with van der Waals surface area (Å²) in [6.07, 6.45) is 0.868. The minimum atomic E-state index is -0.0139. The van der Waals surface area contributed by atoms with E-state index in [-0.39, 0.29) is 5.91 Å². The second kappa shape index (κ2) is 5.64. The molecule has 3 N–H and O–H groups in total. The second-order valence-electron chi connectivity index (χ2n) is 4.55. The lowest BCUT2D eigenvalue weighted by atomic mass is 10.2. The molecule has 1 aromatic carbocycles. The third-order valence-corrected chi connectivity index (χ3v) is 4.89. The Kier molecular flexibility index (Phi) is 3.71. The van der Waals surface area contributed by atoms with Gasteiger partial charge in [0.2, 0.25) is 0 Å². The summed E-state index contributed by atoms with van der Waals surface area (Å²) in [5.41, 5.74) is 7.73. The van der Waals surface area contributed by atoms with Crippen LogP contribution in [-0.2, 0) is 6.42 Å². The third kappa shape index (κ3) is 2.84. The lowest BCUT2D eigenvalue weighted by Gasteiger charge is -2.01. The first-order chi connectivity index (χ1) is 9.72. The van der Waals surface area contributed by atoms with E-state index in [0.717, 1.165) is 27.1 Å². The molecule has 0 aliphatic heterocycles. The van der Waals surface area contributed by atoms with Crippen molar-refractivity contribution in [1.82, 2.24) is 5.32 Å². The number of amides is 1. The first-order valence-corrected chi connectivity index (χ1v) is 8.06. The van der Waals surface area contributed by atoms with Gasteiger partial charge in [-0.1, -0.05) is 0 Å². The highest BCUT2D eigenvalue weighted by Crippen LogP contribution is 2.27. The van der Waals surface area contributed by atoms with Crippen molar-refractivity contribution in [2.24, 2.45) is 0 Å². The number of hydrogen-bond acceptors (Lipinski definition) is 4. The maximum absolute atomic E-state index is 12.1. The average molecular weight is 302 g/mol. The number of hydrogen-bond donors (Lipinski definition) is 2. The third-order valence-electron chi connectivity index (χ3n) is 3.04. The first kappa shape index (κ1) is 13.1. The number of rotatable bonds is 4. The van der Waals surface area contributed by atoms with E-state index < -0.39 is 0 Å². The van der Waals surface area contributed by atoms with Gasteiger partial charge in [0, 0.05) is 16.9 Å². The molecule has 3 rings (SSSR count). The largest absolute Gasteiger partial charge is 0.399 e. The fraction of sp³-hybridized carbons (Fsp3) is 0.133. The Morgan fingerprint density at radius 1 is 1.25 bits per heavy atom. The molecule has 1 amide bonds. The summed E-state index contributed by atoms with van der Waals surface area (Å²) >= 11 is 3.17. The molecule has 0 aliphatic rings. The summed E-state index contributed by atoms with van der Waals surface area (Å²) in [5, 5.41) is 8.14. The molecule has 3 aromatic rings. The van der Waals surface area contributed by atoms with Crippen molar-refractivity contribution in [3.05, 3.63) is 51.5 Å². The minimum absolute atomic E-state index is 0.0139. The van der Waals surface area contributed by atoms with E-state index in [1.165, 1.54) is 16.9 Å². The quantitative estimate of drug-likeness (QED) is 0.725. The molecule has 0 fully saturated rings. The van der Waals surface area contributed by atoms with E-state index in [1.807, 2.05) is 29.6 Å². The fourth-order valence-corrected chi connectivity index (χ4v) is 3.68. The summed E-state index contributed by atoms with van der Waals surface area (Å²) in [7, 11) is 0. The molecule has 20 heavy (non-hydrogen) atoms. The van der Waals surface area contributed by atoms with Crippen LogP contribution in [0.5, 0.6) is 0 Å². The SMILES string of the molecule is Nc1ccc2sc(C(=O)NCCc3ccsc3)cc2c1. The number of anilines is 1. The number of benzene rings is 1. The molecule has 0 atom stereocenters. The molecular weight excluding hydrogens is 288 g/mol. The topological polar surface area (TPSA) is 55.1 Å². The van der Waals surface area contributed by atoms with Crippen LogP contribution in [0.25, 0.3) is 10.1 Å². The molecule has 102 valence electrons. The van der Waals surface area contributed by atoms with Gasteiger partial charge >= 0.3 is 0 Å². The Balaban J connectivity index is 1.66. The van der Waals surface area contributed by atoms with E-state index >= 15 is 0 Å². The summed E-state index contributed by atoms with van der Waals surface area (Å²) in [6, 6.07) is 9.69. The molecular formula is C15H14N2OS2. The zero-order valence-electron chi connectivity index (χ0n) is 10.8. The molecule has 0 unspecified atom stereocenters. The molecule has 0 spiro atoms. The van der Waals surface area contributed by atoms with Crippen LogP contribution in [0.2, 0.25) is 0 Å².